The van der Waals surface area contributed by atoms with E-state index in [1.54, 1.807) is 11.9 Å². The van der Waals surface area contributed by atoms with Crippen molar-refractivity contribution in [3.8, 4) is 0 Å². The van der Waals surface area contributed by atoms with Crippen LogP contribution >= 0.6 is 12.4 Å². The lowest BCUT2D eigenvalue weighted by atomic mass is 9.81. The van der Waals surface area contributed by atoms with Crippen LogP contribution in [0.25, 0.3) is 0 Å². The number of piperidine rings is 1. The fraction of sp³-hybridized carbons (Fsp3) is 0.611. The van der Waals surface area contributed by atoms with E-state index >= 15 is 0 Å². The Balaban J connectivity index is 0.00000288. The lowest BCUT2D eigenvalue weighted by Crippen LogP contribution is -2.50. The number of rotatable bonds is 7. The number of carbonyl (C=O) groups excluding carboxylic acids is 1. The molecule has 1 aliphatic rings. The molecule has 1 heterocycles. The molecule has 2 rings (SSSR count). The van der Waals surface area contributed by atoms with Gasteiger partial charge in [0.05, 0.1) is 24.7 Å². The summed E-state index contributed by atoms with van der Waals surface area (Å²) in [5.74, 6) is 0.0896. The van der Waals surface area contributed by atoms with E-state index in [1.165, 1.54) is 0 Å². The summed E-state index contributed by atoms with van der Waals surface area (Å²) in [6, 6.07) is 9.85. The molecule has 1 fully saturated rings. The lowest BCUT2D eigenvalue weighted by molar-refractivity contribution is -0.142. The maximum atomic E-state index is 12.6. The van der Waals surface area contributed by atoms with Crippen LogP contribution in [0.3, 0.4) is 0 Å². The Kier molecular flexibility index (Phi) is 8.70. The van der Waals surface area contributed by atoms with Crippen molar-refractivity contribution in [1.82, 2.24) is 10.2 Å². The van der Waals surface area contributed by atoms with Crippen LogP contribution in [0.2, 0.25) is 0 Å². The Hall–Kier alpha value is -1.14. The van der Waals surface area contributed by atoms with Gasteiger partial charge in [-0.05, 0) is 31.9 Å². The smallest absolute Gasteiger partial charge is 0.229 e. The normalized spacial score (nSPS) is 21.6. The second-order valence-corrected chi connectivity index (χ2v) is 6.68. The molecule has 1 aromatic rings. The number of hydrogen-bond acceptors (Lipinski definition) is 4. The van der Waals surface area contributed by atoms with Crippen molar-refractivity contribution in [3.63, 3.8) is 0 Å². The van der Waals surface area contributed by atoms with Crippen LogP contribution in [0.15, 0.2) is 30.3 Å². The van der Waals surface area contributed by atoms with Crippen LogP contribution in [-0.2, 0) is 16.1 Å². The molecule has 1 aromatic carbocycles. The third kappa shape index (κ3) is 6.06. The molecular formula is C18H29ClN2O3. The number of likely N-dealkylation sites (N-methyl/N-ethyl adjacent to an activating group) is 1. The molecule has 6 heteroatoms. The summed E-state index contributed by atoms with van der Waals surface area (Å²) in [5.41, 5.74) is 0.711. The second-order valence-electron chi connectivity index (χ2n) is 6.68. The first kappa shape index (κ1) is 20.9. The minimum atomic E-state index is -0.673. The minimum Gasteiger partial charge on any atom is -0.389 e. The van der Waals surface area contributed by atoms with Crippen molar-refractivity contribution in [2.24, 2.45) is 5.41 Å². The van der Waals surface area contributed by atoms with E-state index in [1.807, 2.05) is 37.3 Å². The lowest BCUT2D eigenvalue weighted by Gasteiger charge is -2.36. The number of amides is 1. The Bertz CT molecular complexity index is 492. The van der Waals surface area contributed by atoms with Crippen molar-refractivity contribution >= 4 is 18.3 Å². The summed E-state index contributed by atoms with van der Waals surface area (Å²) in [6.07, 6.45) is 1.23. The first-order valence-electron chi connectivity index (χ1n) is 8.27. The molecule has 2 atom stereocenters. The van der Waals surface area contributed by atoms with Gasteiger partial charge in [-0.3, -0.25) is 4.79 Å². The number of aliphatic hydroxyl groups is 1. The number of benzene rings is 1. The first-order chi connectivity index (χ1) is 11.0. The zero-order valence-electron chi connectivity index (χ0n) is 14.5. The van der Waals surface area contributed by atoms with Crippen LogP contribution in [0, 0.1) is 5.41 Å². The molecule has 1 aliphatic heterocycles. The summed E-state index contributed by atoms with van der Waals surface area (Å²) < 4.78 is 5.53. The summed E-state index contributed by atoms with van der Waals surface area (Å²) in [4.78, 5) is 14.2. The molecule has 1 saturated heterocycles. The van der Waals surface area contributed by atoms with Gasteiger partial charge in [-0.2, -0.15) is 0 Å². The molecule has 0 bridgehead atoms. The zero-order valence-corrected chi connectivity index (χ0v) is 15.3. The molecule has 1 amide bonds. The Morgan fingerprint density at radius 2 is 2.12 bits per heavy atom. The molecule has 24 heavy (non-hydrogen) atoms. The highest BCUT2D eigenvalue weighted by atomic mass is 35.5. The summed E-state index contributed by atoms with van der Waals surface area (Å²) in [6.45, 7) is 4.66. The first-order valence-corrected chi connectivity index (χ1v) is 8.27. The Labute approximate surface area is 150 Å². The van der Waals surface area contributed by atoms with Crippen molar-refractivity contribution in [2.75, 3.05) is 33.3 Å². The molecule has 0 spiro atoms. The molecule has 0 saturated carbocycles. The number of aliphatic hydroxyl groups excluding tert-OH is 1. The van der Waals surface area contributed by atoms with E-state index in [2.05, 4.69) is 5.32 Å². The highest BCUT2D eigenvalue weighted by molar-refractivity contribution is 5.85. The number of carbonyl (C=O) groups is 1. The van der Waals surface area contributed by atoms with E-state index < -0.39 is 6.10 Å². The summed E-state index contributed by atoms with van der Waals surface area (Å²) in [5, 5.41) is 13.4. The molecule has 2 N–H and O–H groups in total. The second kappa shape index (κ2) is 9.99. The standard InChI is InChI=1S/C18H28N2O3.ClH/c1-18(9-6-10-19-14-18)17(22)20(2)11-16(21)13-23-12-15-7-4-3-5-8-15;/h3-5,7-8,16,19,21H,6,9-14H2,1-2H3;1H. The van der Waals surface area contributed by atoms with Crippen LogP contribution in [0.1, 0.15) is 25.3 Å². The van der Waals surface area contributed by atoms with Gasteiger partial charge >= 0.3 is 0 Å². The molecule has 0 aromatic heterocycles. The molecule has 136 valence electrons. The number of nitrogens with zero attached hydrogens (tertiary/aromatic N) is 1. The largest absolute Gasteiger partial charge is 0.389 e. The van der Waals surface area contributed by atoms with E-state index in [9.17, 15) is 9.90 Å². The van der Waals surface area contributed by atoms with Crippen molar-refractivity contribution in [3.05, 3.63) is 35.9 Å². The van der Waals surface area contributed by atoms with E-state index in [-0.39, 0.29) is 30.3 Å². The molecular weight excluding hydrogens is 328 g/mol. The number of ether oxygens (including phenoxy) is 1. The van der Waals surface area contributed by atoms with Gasteiger partial charge in [0.1, 0.15) is 0 Å². The number of halogens is 1. The fourth-order valence-corrected chi connectivity index (χ4v) is 3.04. The highest BCUT2D eigenvalue weighted by Gasteiger charge is 2.36. The average molecular weight is 357 g/mol. The van der Waals surface area contributed by atoms with Crippen LogP contribution in [-0.4, -0.2) is 55.3 Å². The van der Waals surface area contributed by atoms with Gasteiger partial charge in [0, 0.05) is 20.1 Å². The number of nitrogens with one attached hydrogen (secondary N) is 1. The summed E-state index contributed by atoms with van der Waals surface area (Å²) >= 11 is 0. The van der Waals surface area contributed by atoms with E-state index in [4.69, 9.17) is 4.74 Å². The predicted octanol–water partition coefficient (Wildman–Crippen LogP) is 1.83. The highest BCUT2D eigenvalue weighted by Crippen LogP contribution is 2.27. The van der Waals surface area contributed by atoms with E-state index in [0.717, 1.165) is 24.9 Å². The van der Waals surface area contributed by atoms with Crippen molar-refractivity contribution < 1.29 is 14.6 Å². The van der Waals surface area contributed by atoms with Crippen molar-refractivity contribution in [2.45, 2.75) is 32.5 Å². The van der Waals surface area contributed by atoms with Gasteiger partial charge in [-0.25, -0.2) is 0 Å². The molecule has 2 unspecified atom stereocenters. The topological polar surface area (TPSA) is 61.8 Å². The molecule has 0 radical (unpaired) electrons. The maximum Gasteiger partial charge on any atom is 0.229 e. The van der Waals surface area contributed by atoms with Gasteiger partial charge in [0.15, 0.2) is 0 Å². The number of hydrogen-bond donors (Lipinski definition) is 2. The average Bonchev–Trinajstić information content (AvgIpc) is 2.55. The van der Waals surface area contributed by atoms with E-state index in [0.29, 0.717) is 19.7 Å². The summed E-state index contributed by atoms with van der Waals surface area (Å²) in [7, 11) is 1.75. The van der Waals surface area contributed by atoms with Gasteiger partial charge in [0.2, 0.25) is 5.91 Å². The molecule has 5 nitrogen and oxygen atoms in total. The van der Waals surface area contributed by atoms with Crippen LogP contribution < -0.4 is 5.32 Å². The SMILES string of the molecule is CN(CC(O)COCc1ccccc1)C(=O)C1(C)CCCNC1.Cl. The molecule has 0 aliphatic carbocycles. The van der Waals surface area contributed by atoms with Gasteiger partial charge in [-0.15, -0.1) is 12.4 Å². The van der Waals surface area contributed by atoms with Crippen LogP contribution in [0.4, 0.5) is 0 Å². The Morgan fingerprint density at radius 1 is 1.42 bits per heavy atom. The third-order valence-corrected chi connectivity index (χ3v) is 4.37. The third-order valence-electron chi connectivity index (χ3n) is 4.37. The quantitative estimate of drug-likeness (QED) is 0.782. The monoisotopic (exact) mass is 356 g/mol. The zero-order chi connectivity index (χ0) is 16.7. The van der Waals surface area contributed by atoms with Gasteiger partial charge in [0.25, 0.3) is 0 Å². The Morgan fingerprint density at radius 3 is 2.75 bits per heavy atom. The van der Waals surface area contributed by atoms with Gasteiger partial charge < -0.3 is 20.1 Å². The maximum absolute atomic E-state index is 12.6. The minimum absolute atomic E-state index is 0. The van der Waals surface area contributed by atoms with Crippen LogP contribution in [0.5, 0.6) is 0 Å². The van der Waals surface area contributed by atoms with Gasteiger partial charge in [-0.1, -0.05) is 30.3 Å². The fourth-order valence-electron chi connectivity index (χ4n) is 3.04. The van der Waals surface area contributed by atoms with Crippen molar-refractivity contribution in [1.29, 1.82) is 0 Å². The predicted molar refractivity (Wildman–Crippen MR) is 97.2 cm³/mol.